The van der Waals surface area contributed by atoms with Gasteiger partial charge in [-0.2, -0.15) is 0 Å². The predicted molar refractivity (Wildman–Crippen MR) is 68.6 cm³/mol. The van der Waals surface area contributed by atoms with Crippen LogP contribution in [0.15, 0.2) is 16.6 Å². The third-order valence-corrected chi connectivity index (χ3v) is 3.68. The molecule has 1 aromatic rings. The molecule has 0 unspecified atom stereocenters. The Balaban J connectivity index is 2.55. The van der Waals surface area contributed by atoms with Crippen LogP contribution in [0.3, 0.4) is 0 Å². The zero-order valence-corrected chi connectivity index (χ0v) is 11.4. The highest BCUT2D eigenvalue weighted by molar-refractivity contribution is 9.10. The molecule has 0 aliphatic carbocycles. The molecule has 84 valence electrons. The van der Waals surface area contributed by atoms with E-state index in [2.05, 4.69) is 48.8 Å². The van der Waals surface area contributed by atoms with Gasteiger partial charge in [0.05, 0.1) is 6.61 Å². The van der Waals surface area contributed by atoms with E-state index in [1.54, 1.807) is 0 Å². The first-order chi connectivity index (χ1) is 7.15. The van der Waals surface area contributed by atoms with Crippen LogP contribution in [0, 0.1) is 13.8 Å². The van der Waals surface area contributed by atoms with E-state index in [0.29, 0.717) is 0 Å². The van der Waals surface area contributed by atoms with E-state index in [4.69, 9.17) is 4.74 Å². The highest BCUT2D eigenvalue weighted by Gasteiger charge is 2.02. The summed E-state index contributed by atoms with van der Waals surface area (Å²) < 4.78 is 6.89. The third kappa shape index (κ3) is 3.86. The van der Waals surface area contributed by atoms with E-state index in [-0.39, 0.29) is 0 Å². The highest BCUT2D eigenvalue weighted by Crippen LogP contribution is 2.26. The van der Waals surface area contributed by atoms with E-state index < -0.39 is 0 Å². The molecule has 0 heterocycles. The summed E-state index contributed by atoms with van der Waals surface area (Å²) in [5, 5.41) is 0. The van der Waals surface area contributed by atoms with Gasteiger partial charge in [-0.05, 0) is 43.5 Å². The summed E-state index contributed by atoms with van der Waals surface area (Å²) in [7, 11) is 0. The van der Waals surface area contributed by atoms with E-state index in [1.165, 1.54) is 28.4 Å². The molecule has 0 saturated carbocycles. The summed E-state index contributed by atoms with van der Waals surface area (Å²) in [4.78, 5) is 0. The Labute approximate surface area is 101 Å². The molecule has 0 radical (unpaired) electrons. The minimum absolute atomic E-state index is 0.828. The molecular formula is C13H19BrO. The zero-order chi connectivity index (χ0) is 11.3. The average molecular weight is 271 g/mol. The molecule has 1 rings (SSSR count). The molecule has 15 heavy (non-hydrogen) atoms. The van der Waals surface area contributed by atoms with Gasteiger partial charge in [-0.3, -0.25) is 0 Å². The fourth-order valence-electron chi connectivity index (χ4n) is 1.53. The number of benzene rings is 1. The van der Waals surface area contributed by atoms with Gasteiger partial charge in [-0.25, -0.2) is 0 Å². The normalized spacial score (nSPS) is 10.4. The smallest absolute Gasteiger partial charge is 0.119 e. The molecular weight excluding hydrogens is 252 g/mol. The van der Waals surface area contributed by atoms with Crippen LogP contribution in [0.1, 0.15) is 37.3 Å². The molecule has 1 nitrogen and oxygen atoms in total. The Kier molecular flexibility index (Phi) is 5.16. The molecule has 0 fully saturated rings. The van der Waals surface area contributed by atoms with Crippen molar-refractivity contribution in [2.45, 2.75) is 40.0 Å². The van der Waals surface area contributed by atoms with Gasteiger partial charge in [0.1, 0.15) is 5.75 Å². The summed E-state index contributed by atoms with van der Waals surface area (Å²) in [6.45, 7) is 7.22. The fraction of sp³-hybridized carbons (Fsp3) is 0.538. The molecule has 0 spiro atoms. The minimum Gasteiger partial charge on any atom is -0.494 e. The first kappa shape index (κ1) is 12.6. The summed E-state index contributed by atoms with van der Waals surface area (Å²) in [5.74, 6) is 0.990. The molecule has 0 bridgehead atoms. The van der Waals surface area contributed by atoms with Crippen LogP contribution in [0.25, 0.3) is 0 Å². The van der Waals surface area contributed by atoms with Gasteiger partial charge in [0.25, 0.3) is 0 Å². The van der Waals surface area contributed by atoms with E-state index in [0.717, 1.165) is 18.8 Å². The highest BCUT2D eigenvalue weighted by atomic mass is 79.9. The topological polar surface area (TPSA) is 9.23 Å². The SMILES string of the molecule is CCCCCOc1cc(C)c(Br)c(C)c1. The van der Waals surface area contributed by atoms with Gasteiger partial charge in [-0.15, -0.1) is 0 Å². The quantitative estimate of drug-likeness (QED) is 0.709. The Morgan fingerprint density at radius 1 is 1.13 bits per heavy atom. The Morgan fingerprint density at radius 3 is 2.27 bits per heavy atom. The van der Waals surface area contributed by atoms with Crippen LogP contribution < -0.4 is 4.74 Å². The second-order valence-corrected chi connectivity index (χ2v) is 4.72. The molecule has 1 aromatic carbocycles. The van der Waals surface area contributed by atoms with Crippen LogP contribution >= 0.6 is 15.9 Å². The van der Waals surface area contributed by atoms with Crippen molar-refractivity contribution in [2.24, 2.45) is 0 Å². The maximum absolute atomic E-state index is 5.70. The fourth-order valence-corrected chi connectivity index (χ4v) is 1.76. The third-order valence-electron chi connectivity index (χ3n) is 2.43. The number of ether oxygens (including phenoxy) is 1. The Hall–Kier alpha value is -0.500. The van der Waals surface area contributed by atoms with E-state index in [9.17, 15) is 0 Å². The van der Waals surface area contributed by atoms with Crippen molar-refractivity contribution in [3.05, 3.63) is 27.7 Å². The summed E-state index contributed by atoms with van der Waals surface area (Å²) in [6.07, 6.45) is 3.63. The van der Waals surface area contributed by atoms with Crippen LogP contribution in [-0.2, 0) is 0 Å². The monoisotopic (exact) mass is 270 g/mol. The van der Waals surface area contributed by atoms with Gasteiger partial charge >= 0.3 is 0 Å². The number of unbranched alkanes of at least 4 members (excludes halogenated alkanes) is 2. The maximum Gasteiger partial charge on any atom is 0.119 e. The standard InChI is InChI=1S/C13H19BrO/c1-4-5-6-7-15-12-8-10(2)13(14)11(3)9-12/h8-9H,4-7H2,1-3H3. The molecule has 0 N–H and O–H groups in total. The summed E-state index contributed by atoms with van der Waals surface area (Å²) in [6, 6.07) is 4.17. The summed E-state index contributed by atoms with van der Waals surface area (Å²) >= 11 is 3.55. The van der Waals surface area contributed by atoms with Crippen LogP contribution in [0.5, 0.6) is 5.75 Å². The zero-order valence-electron chi connectivity index (χ0n) is 9.77. The lowest BCUT2D eigenvalue weighted by atomic mass is 10.1. The van der Waals surface area contributed by atoms with Gasteiger partial charge in [0.15, 0.2) is 0 Å². The number of rotatable bonds is 5. The van der Waals surface area contributed by atoms with Crippen LogP contribution in [-0.4, -0.2) is 6.61 Å². The molecule has 2 heteroatoms. The largest absolute Gasteiger partial charge is 0.494 e. The van der Waals surface area contributed by atoms with Crippen molar-refractivity contribution in [1.29, 1.82) is 0 Å². The van der Waals surface area contributed by atoms with Gasteiger partial charge in [0, 0.05) is 4.47 Å². The lowest BCUT2D eigenvalue weighted by molar-refractivity contribution is 0.306. The second kappa shape index (κ2) is 6.16. The average Bonchev–Trinajstić information content (AvgIpc) is 2.21. The van der Waals surface area contributed by atoms with Crippen molar-refractivity contribution in [3.63, 3.8) is 0 Å². The Bertz CT molecular complexity index is 297. The van der Waals surface area contributed by atoms with Crippen molar-refractivity contribution >= 4 is 15.9 Å². The summed E-state index contributed by atoms with van der Waals surface area (Å²) in [5.41, 5.74) is 2.47. The lowest BCUT2D eigenvalue weighted by Crippen LogP contribution is -1.98. The molecule has 0 atom stereocenters. The number of halogens is 1. The first-order valence-electron chi connectivity index (χ1n) is 5.54. The molecule has 0 aromatic heterocycles. The number of aryl methyl sites for hydroxylation is 2. The molecule has 0 aliphatic heterocycles. The second-order valence-electron chi connectivity index (χ2n) is 3.93. The van der Waals surface area contributed by atoms with Gasteiger partial charge < -0.3 is 4.74 Å². The lowest BCUT2D eigenvalue weighted by Gasteiger charge is -2.09. The van der Waals surface area contributed by atoms with Gasteiger partial charge in [-0.1, -0.05) is 35.7 Å². The molecule has 0 aliphatic rings. The van der Waals surface area contributed by atoms with E-state index in [1.807, 2.05) is 0 Å². The maximum atomic E-state index is 5.70. The molecule has 0 saturated heterocycles. The van der Waals surface area contributed by atoms with E-state index >= 15 is 0 Å². The first-order valence-corrected chi connectivity index (χ1v) is 6.34. The van der Waals surface area contributed by atoms with Crippen molar-refractivity contribution in [2.75, 3.05) is 6.61 Å². The van der Waals surface area contributed by atoms with Crippen LogP contribution in [0.4, 0.5) is 0 Å². The minimum atomic E-state index is 0.828. The Morgan fingerprint density at radius 2 is 1.73 bits per heavy atom. The molecule has 0 amide bonds. The van der Waals surface area contributed by atoms with Gasteiger partial charge in [0.2, 0.25) is 0 Å². The van der Waals surface area contributed by atoms with Crippen molar-refractivity contribution < 1.29 is 4.74 Å². The van der Waals surface area contributed by atoms with Crippen molar-refractivity contribution in [1.82, 2.24) is 0 Å². The van der Waals surface area contributed by atoms with Crippen LogP contribution in [0.2, 0.25) is 0 Å². The van der Waals surface area contributed by atoms with Crippen molar-refractivity contribution in [3.8, 4) is 5.75 Å². The number of hydrogen-bond acceptors (Lipinski definition) is 1. The number of hydrogen-bond donors (Lipinski definition) is 0. The predicted octanol–water partition coefficient (Wildman–Crippen LogP) is 4.63.